The average molecular weight is 389 g/mol. The number of aromatic nitrogens is 3. The Morgan fingerprint density at radius 1 is 1.00 bits per heavy atom. The molecule has 28 heavy (non-hydrogen) atoms. The quantitative estimate of drug-likeness (QED) is 0.403. The minimum absolute atomic E-state index is 0.0350. The SMILES string of the molecule is CCCCC(CC)CN(CC(CC)CCCC)CC1(C)C=CCc2n[nH]nc21. The first-order valence-corrected chi connectivity index (χ1v) is 11.9. The van der Waals surface area contributed by atoms with Gasteiger partial charge in [0.15, 0.2) is 0 Å². The summed E-state index contributed by atoms with van der Waals surface area (Å²) in [4.78, 5) is 2.77. The molecule has 0 aliphatic heterocycles. The van der Waals surface area contributed by atoms with Crippen LogP contribution in [0.15, 0.2) is 12.2 Å². The molecule has 2 rings (SSSR count). The summed E-state index contributed by atoms with van der Waals surface area (Å²) in [6.45, 7) is 15.2. The Bertz CT molecular complexity index is 561. The van der Waals surface area contributed by atoms with Crippen LogP contribution in [0.1, 0.15) is 97.4 Å². The van der Waals surface area contributed by atoms with E-state index in [1.54, 1.807) is 0 Å². The van der Waals surface area contributed by atoms with E-state index in [4.69, 9.17) is 0 Å². The first kappa shape index (κ1) is 23.1. The molecule has 1 aliphatic rings. The number of rotatable bonds is 14. The fourth-order valence-corrected chi connectivity index (χ4v) is 4.72. The third-order valence-electron chi connectivity index (χ3n) is 6.63. The molecule has 3 unspecified atom stereocenters. The lowest BCUT2D eigenvalue weighted by Gasteiger charge is -2.37. The second kappa shape index (κ2) is 11.7. The van der Waals surface area contributed by atoms with Crippen LogP contribution in [0, 0.1) is 11.8 Å². The number of aromatic amines is 1. The lowest BCUT2D eigenvalue weighted by molar-refractivity contribution is 0.158. The van der Waals surface area contributed by atoms with Crippen LogP contribution in [0.5, 0.6) is 0 Å². The van der Waals surface area contributed by atoms with Gasteiger partial charge in [-0.25, -0.2) is 0 Å². The van der Waals surface area contributed by atoms with Crippen LogP contribution >= 0.6 is 0 Å². The summed E-state index contributed by atoms with van der Waals surface area (Å²) in [6, 6.07) is 0. The molecule has 0 radical (unpaired) electrons. The van der Waals surface area contributed by atoms with Crippen molar-refractivity contribution in [3.63, 3.8) is 0 Å². The smallest absolute Gasteiger partial charge is 0.0969 e. The number of nitrogens with zero attached hydrogens (tertiary/aromatic N) is 3. The van der Waals surface area contributed by atoms with Crippen molar-refractivity contribution in [2.45, 2.75) is 97.8 Å². The van der Waals surface area contributed by atoms with Crippen molar-refractivity contribution < 1.29 is 0 Å². The Morgan fingerprint density at radius 2 is 1.61 bits per heavy atom. The second-order valence-electron chi connectivity index (χ2n) is 9.17. The van der Waals surface area contributed by atoms with E-state index in [1.165, 1.54) is 64.5 Å². The van der Waals surface area contributed by atoms with Gasteiger partial charge in [-0.05, 0) is 31.6 Å². The molecule has 0 bridgehead atoms. The van der Waals surface area contributed by atoms with Gasteiger partial charge in [0.2, 0.25) is 0 Å². The van der Waals surface area contributed by atoms with Gasteiger partial charge in [0.1, 0.15) is 0 Å². The van der Waals surface area contributed by atoms with E-state index in [2.05, 4.69) is 67.1 Å². The molecule has 0 fully saturated rings. The Hall–Kier alpha value is -1.16. The van der Waals surface area contributed by atoms with Crippen molar-refractivity contribution >= 4 is 0 Å². The van der Waals surface area contributed by atoms with Gasteiger partial charge >= 0.3 is 0 Å². The molecule has 0 saturated heterocycles. The number of fused-ring (bicyclic) bond motifs is 1. The Balaban J connectivity index is 2.14. The molecular weight excluding hydrogens is 344 g/mol. The van der Waals surface area contributed by atoms with Crippen LogP contribution < -0.4 is 0 Å². The number of hydrogen-bond donors (Lipinski definition) is 1. The van der Waals surface area contributed by atoms with Crippen LogP contribution in [0.2, 0.25) is 0 Å². The molecule has 4 heteroatoms. The van der Waals surface area contributed by atoms with Crippen LogP contribution in [0.3, 0.4) is 0 Å². The zero-order chi connectivity index (χ0) is 20.4. The molecule has 1 N–H and O–H groups in total. The highest BCUT2D eigenvalue weighted by Crippen LogP contribution is 2.32. The van der Waals surface area contributed by atoms with Gasteiger partial charge in [-0.15, -0.1) is 0 Å². The molecule has 1 aliphatic carbocycles. The zero-order valence-electron chi connectivity index (χ0n) is 19.1. The van der Waals surface area contributed by atoms with Crippen molar-refractivity contribution in [2.75, 3.05) is 19.6 Å². The zero-order valence-corrected chi connectivity index (χ0v) is 19.1. The van der Waals surface area contributed by atoms with Crippen molar-refractivity contribution in [1.82, 2.24) is 20.3 Å². The van der Waals surface area contributed by atoms with Gasteiger partial charge in [0.25, 0.3) is 0 Å². The average Bonchev–Trinajstić information content (AvgIpc) is 3.18. The maximum Gasteiger partial charge on any atom is 0.0969 e. The number of allylic oxidation sites excluding steroid dienone is 1. The molecule has 3 atom stereocenters. The minimum Gasteiger partial charge on any atom is -0.302 e. The highest BCUT2D eigenvalue weighted by Gasteiger charge is 2.34. The number of H-pyrrole nitrogens is 1. The molecule has 4 nitrogen and oxygen atoms in total. The molecule has 160 valence electrons. The normalized spacial score (nSPS) is 21.1. The fourth-order valence-electron chi connectivity index (χ4n) is 4.72. The Kier molecular flexibility index (Phi) is 9.70. The van der Waals surface area contributed by atoms with Gasteiger partial charge in [-0.3, -0.25) is 0 Å². The van der Waals surface area contributed by atoms with Gasteiger partial charge in [0, 0.05) is 31.5 Å². The van der Waals surface area contributed by atoms with Gasteiger partial charge in [-0.1, -0.05) is 78.4 Å². The van der Waals surface area contributed by atoms with Gasteiger partial charge in [0.05, 0.1) is 11.4 Å². The summed E-state index contributed by atoms with van der Waals surface area (Å²) in [5.74, 6) is 1.60. The maximum absolute atomic E-state index is 4.55. The number of hydrogen-bond acceptors (Lipinski definition) is 3. The topological polar surface area (TPSA) is 44.8 Å². The summed E-state index contributed by atoms with van der Waals surface area (Å²) in [7, 11) is 0. The van der Waals surface area contributed by atoms with E-state index in [9.17, 15) is 0 Å². The Labute approximate surface area is 173 Å². The monoisotopic (exact) mass is 388 g/mol. The lowest BCUT2D eigenvalue weighted by atomic mass is 9.80. The molecule has 0 saturated carbocycles. The summed E-state index contributed by atoms with van der Waals surface area (Å²) >= 11 is 0. The summed E-state index contributed by atoms with van der Waals surface area (Å²) < 4.78 is 0. The third kappa shape index (κ3) is 6.43. The predicted octanol–water partition coefficient (Wildman–Crippen LogP) is 5.91. The lowest BCUT2D eigenvalue weighted by Crippen LogP contribution is -2.43. The number of unbranched alkanes of at least 4 members (excludes halogenated alkanes) is 2. The van der Waals surface area contributed by atoms with Crippen LogP contribution in [-0.2, 0) is 11.8 Å². The second-order valence-corrected chi connectivity index (χ2v) is 9.17. The van der Waals surface area contributed by atoms with Gasteiger partial charge < -0.3 is 4.90 Å². The number of nitrogens with one attached hydrogen (secondary N) is 1. The summed E-state index contributed by atoms with van der Waals surface area (Å²) in [5, 5.41) is 11.8. The predicted molar refractivity (Wildman–Crippen MR) is 120 cm³/mol. The first-order chi connectivity index (χ1) is 13.6. The van der Waals surface area contributed by atoms with Crippen LogP contribution in [0.4, 0.5) is 0 Å². The van der Waals surface area contributed by atoms with Crippen LogP contribution in [0.25, 0.3) is 0 Å². The standard InChI is InChI=1S/C24H44N4/c1-6-10-13-20(8-3)17-28(18-21(9-4)14-11-7-2)19-24(5)16-12-15-22-23(24)26-27-25-22/h12,16,20-21H,6-11,13-15,17-19H2,1-5H3,(H,25,26,27). The highest BCUT2D eigenvalue weighted by molar-refractivity contribution is 5.33. The molecule has 0 aromatic carbocycles. The largest absolute Gasteiger partial charge is 0.302 e. The summed E-state index contributed by atoms with van der Waals surface area (Å²) in [5.41, 5.74) is 2.25. The molecular formula is C24H44N4. The minimum atomic E-state index is -0.0350. The molecule has 1 aromatic rings. The first-order valence-electron chi connectivity index (χ1n) is 11.9. The molecule has 1 aromatic heterocycles. The Morgan fingerprint density at radius 3 is 2.14 bits per heavy atom. The van der Waals surface area contributed by atoms with Crippen LogP contribution in [-0.4, -0.2) is 39.9 Å². The van der Waals surface area contributed by atoms with E-state index in [1.807, 2.05) is 0 Å². The van der Waals surface area contributed by atoms with Crippen molar-refractivity contribution in [2.24, 2.45) is 11.8 Å². The van der Waals surface area contributed by atoms with E-state index in [-0.39, 0.29) is 5.41 Å². The van der Waals surface area contributed by atoms with Gasteiger partial charge in [-0.2, -0.15) is 15.4 Å². The van der Waals surface area contributed by atoms with Crippen molar-refractivity contribution in [1.29, 1.82) is 0 Å². The van der Waals surface area contributed by atoms with E-state index in [0.717, 1.165) is 36.2 Å². The van der Waals surface area contributed by atoms with E-state index in [0.29, 0.717) is 0 Å². The highest BCUT2D eigenvalue weighted by atomic mass is 15.3. The van der Waals surface area contributed by atoms with Crippen molar-refractivity contribution in [3.05, 3.63) is 23.5 Å². The summed E-state index contributed by atoms with van der Waals surface area (Å²) in [6.07, 6.45) is 16.1. The maximum atomic E-state index is 4.55. The third-order valence-corrected chi connectivity index (χ3v) is 6.63. The van der Waals surface area contributed by atoms with Crippen molar-refractivity contribution in [3.8, 4) is 0 Å². The van der Waals surface area contributed by atoms with E-state index < -0.39 is 0 Å². The molecule has 1 heterocycles. The van der Waals surface area contributed by atoms with E-state index >= 15 is 0 Å². The fraction of sp³-hybridized carbons (Fsp3) is 0.833. The molecule has 0 amide bonds. The molecule has 0 spiro atoms.